The molecular formula is C22H27N3O3S2. The van der Waals surface area contributed by atoms with Gasteiger partial charge in [0.05, 0.1) is 15.1 Å². The zero-order chi connectivity index (χ0) is 21.5. The molecule has 0 saturated carbocycles. The SMILES string of the molecule is CC(C)n1c(=O)sc2cc(S(=O)(=O)NCCCN3c4ccccc4C[C@@H]3C)ccc21. The Bertz CT molecular complexity index is 1230. The molecule has 1 aromatic heterocycles. The van der Waals surface area contributed by atoms with Gasteiger partial charge >= 0.3 is 4.87 Å². The number of para-hydroxylation sites is 1. The molecule has 0 aliphatic carbocycles. The fourth-order valence-corrected chi connectivity index (χ4v) is 6.41. The fourth-order valence-electron chi connectivity index (χ4n) is 4.18. The average Bonchev–Trinajstić information content (AvgIpc) is 3.19. The summed E-state index contributed by atoms with van der Waals surface area (Å²) < 4.78 is 30.6. The van der Waals surface area contributed by atoms with Crippen LogP contribution in [0.1, 0.15) is 38.8 Å². The molecule has 160 valence electrons. The van der Waals surface area contributed by atoms with Gasteiger partial charge in [0.25, 0.3) is 0 Å². The number of rotatable bonds is 7. The van der Waals surface area contributed by atoms with Crippen molar-refractivity contribution in [2.45, 2.75) is 50.6 Å². The zero-order valence-corrected chi connectivity index (χ0v) is 19.1. The van der Waals surface area contributed by atoms with Crippen molar-refractivity contribution >= 4 is 37.3 Å². The van der Waals surface area contributed by atoms with Crippen molar-refractivity contribution in [3.05, 3.63) is 57.7 Å². The number of hydrogen-bond donors (Lipinski definition) is 1. The van der Waals surface area contributed by atoms with Crippen LogP contribution in [0.25, 0.3) is 10.2 Å². The first-order valence-electron chi connectivity index (χ1n) is 10.3. The third kappa shape index (κ3) is 3.91. The highest BCUT2D eigenvalue weighted by molar-refractivity contribution is 7.89. The molecular weight excluding hydrogens is 418 g/mol. The Morgan fingerprint density at radius 1 is 1.20 bits per heavy atom. The van der Waals surface area contributed by atoms with Gasteiger partial charge in [0, 0.05) is 30.9 Å². The monoisotopic (exact) mass is 445 g/mol. The largest absolute Gasteiger partial charge is 0.368 e. The molecule has 2 heterocycles. The van der Waals surface area contributed by atoms with Crippen LogP contribution in [0.4, 0.5) is 5.69 Å². The van der Waals surface area contributed by atoms with Crippen molar-refractivity contribution in [3.63, 3.8) is 0 Å². The fraction of sp³-hybridized carbons (Fsp3) is 0.409. The summed E-state index contributed by atoms with van der Waals surface area (Å²) in [6.07, 6.45) is 1.75. The number of nitrogens with zero attached hydrogens (tertiary/aromatic N) is 2. The topological polar surface area (TPSA) is 71.4 Å². The molecule has 2 aromatic carbocycles. The third-order valence-electron chi connectivity index (χ3n) is 5.63. The maximum absolute atomic E-state index is 12.8. The van der Waals surface area contributed by atoms with Crippen molar-refractivity contribution in [2.24, 2.45) is 0 Å². The number of nitrogens with one attached hydrogen (secondary N) is 1. The zero-order valence-electron chi connectivity index (χ0n) is 17.5. The highest BCUT2D eigenvalue weighted by atomic mass is 32.2. The summed E-state index contributed by atoms with van der Waals surface area (Å²) in [5.41, 5.74) is 3.38. The Hall–Kier alpha value is -2.16. The Morgan fingerprint density at radius 2 is 1.97 bits per heavy atom. The Labute approximate surface area is 181 Å². The molecule has 30 heavy (non-hydrogen) atoms. The van der Waals surface area contributed by atoms with Crippen LogP contribution in [-0.4, -0.2) is 32.1 Å². The van der Waals surface area contributed by atoms with E-state index >= 15 is 0 Å². The molecule has 0 bridgehead atoms. The minimum atomic E-state index is -3.62. The van der Waals surface area contributed by atoms with Gasteiger partial charge < -0.3 is 4.90 Å². The molecule has 0 amide bonds. The van der Waals surface area contributed by atoms with Crippen molar-refractivity contribution in [1.29, 1.82) is 0 Å². The smallest absolute Gasteiger partial charge is 0.308 e. The molecule has 0 spiro atoms. The summed E-state index contributed by atoms with van der Waals surface area (Å²) in [5, 5.41) is 0. The van der Waals surface area contributed by atoms with Crippen molar-refractivity contribution in [3.8, 4) is 0 Å². The number of hydrogen-bond acceptors (Lipinski definition) is 5. The molecule has 6 nitrogen and oxygen atoms in total. The lowest BCUT2D eigenvalue weighted by atomic mass is 10.1. The summed E-state index contributed by atoms with van der Waals surface area (Å²) in [6.45, 7) is 7.26. The average molecular weight is 446 g/mol. The van der Waals surface area contributed by atoms with Crippen LogP contribution in [-0.2, 0) is 16.4 Å². The standard InChI is InChI=1S/C22H27N3O3S2/c1-15(2)25-20-10-9-18(14-21(20)29-22(25)26)30(27,28)23-11-6-12-24-16(3)13-17-7-4-5-8-19(17)24/h4-5,7-10,14-16,23H,6,11-13H2,1-3H3/t16-/m0/s1. The molecule has 8 heteroatoms. The quantitative estimate of drug-likeness (QED) is 0.562. The van der Waals surface area contributed by atoms with Gasteiger partial charge in [-0.25, -0.2) is 13.1 Å². The van der Waals surface area contributed by atoms with Crippen LogP contribution in [0.5, 0.6) is 0 Å². The normalized spacial score (nSPS) is 16.5. The van der Waals surface area contributed by atoms with Gasteiger partial charge in [0.2, 0.25) is 10.0 Å². The Morgan fingerprint density at radius 3 is 2.73 bits per heavy atom. The second-order valence-corrected chi connectivity index (χ2v) is 10.8. The first-order chi connectivity index (χ1) is 14.3. The predicted octanol–water partition coefficient (Wildman–Crippen LogP) is 3.76. The lowest BCUT2D eigenvalue weighted by molar-refractivity contribution is 0.575. The molecule has 0 fully saturated rings. The van der Waals surface area contributed by atoms with E-state index in [0.29, 0.717) is 17.3 Å². The van der Waals surface area contributed by atoms with Gasteiger partial charge in [-0.3, -0.25) is 9.36 Å². The molecule has 1 aliphatic heterocycles. The summed E-state index contributed by atoms with van der Waals surface area (Å²) in [6, 6.07) is 13.8. The van der Waals surface area contributed by atoms with Crippen molar-refractivity contribution in [2.75, 3.05) is 18.0 Å². The number of anilines is 1. The minimum absolute atomic E-state index is 0.0324. The lowest BCUT2D eigenvalue weighted by Gasteiger charge is -2.24. The molecule has 0 unspecified atom stereocenters. The van der Waals surface area contributed by atoms with E-state index in [4.69, 9.17) is 0 Å². The van der Waals surface area contributed by atoms with Crippen LogP contribution in [0.2, 0.25) is 0 Å². The van der Waals surface area contributed by atoms with Gasteiger partial charge in [-0.15, -0.1) is 0 Å². The van der Waals surface area contributed by atoms with Gasteiger partial charge in [-0.1, -0.05) is 29.5 Å². The second kappa shape index (κ2) is 8.17. The highest BCUT2D eigenvalue weighted by Gasteiger charge is 2.25. The maximum atomic E-state index is 12.8. The van der Waals surface area contributed by atoms with E-state index in [1.165, 1.54) is 11.3 Å². The van der Waals surface area contributed by atoms with E-state index in [9.17, 15) is 13.2 Å². The van der Waals surface area contributed by atoms with Crippen molar-refractivity contribution in [1.82, 2.24) is 9.29 Å². The molecule has 0 radical (unpaired) electrons. The van der Waals surface area contributed by atoms with Gasteiger partial charge in [0.1, 0.15) is 0 Å². The maximum Gasteiger partial charge on any atom is 0.308 e. The predicted molar refractivity (Wildman–Crippen MR) is 123 cm³/mol. The van der Waals surface area contributed by atoms with Crippen LogP contribution >= 0.6 is 11.3 Å². The summed E-state index contributed by atoms with van der Waals surface area (Å²) in [4.78, 5) is 14.7. The first kappa shape index (κ1) is 21.1. The molecule has 1 N–H and O–H groups in total. The third-order valence-corrected chi connectivity index (χ3v) is 8.00. The van der Waals surface area contributed by atoms with E-state index in [1.54, 1.807) is 22.8 Å². The van der Waals surface area contributed by atoms with Crippen LogP contribution in [0, 0.1) is 0 Å². The van der Waals surface area contributed by atoms with Gasteiger partial charge in [-0.2, -0.15) is 0 Å². The lowest BCUT2D eigenvalue weighted by Crippen LogP contribution is -2.33. The molecule has 1 atom stereocenters. The number of aromatic nitrogens is 1. The summed E-state index contributed by atoms with van der Waals surface area (Å²) >= 11 is 1.08. The molecule has 3 aromatic rings. The molecule has 1 aliphatic rings. The van der Waals surface area contributed by atoms with Crippen LogP contribution in [0.15, 0.2) is 52.2 Å². The Balaban J connectivity index is 1.42. The second-order valence-electron chi connectivity index (χ2n) is 8.09. The van der Waals surface area contributed by atoms with E-state index in [1.807, 2.05) is 19.9 Å². The minimum Gasteiger partial charge on any atom is -0.368 e. The number of sulfonamides is 1. The van der Waals surface area contributed by atoms with Gasteiger partial charge in [-0.05, 0) is 63.4 Å². The van der Waals surface area contributed by atoms with Crippen LogP contribution in [0.3, 0.4) is 0 Å². The molecule has 4 rings (SSSR count). The highest BCUT2D eigenvalue weighted by Crippen LogP contribution is 2.31. The molecule has 0 saturated heterocycles. The van der Waals surface area contributed by atoms with Crippen LogP contribution < -0.4 is 14.5 Å². The van der Waals surface area contributed by atoms with E-state index < -0.39 is 10.0 Å². The first-order valence-corrected chi connectivity index (χ1v) is 12.6. The summed E-state index contributed by atoms with van der Waals surface area (Å²) in [5.74, 6) is 0. The van der Waals surface area contributed by atoms with Crippen molar-refractivity contribution < 1.29 is 8.42 Å². The van der Waals surface area contributed by atoms with E-state index in [2.05, 4.69) is 34.7 Å². The number of thiazole rings is 1. The van der Waals surface area contributed by atoms with E-state index in [-0.39, 0.29) is 15.8 Å². The Kier molecular flexibility index (Phi) is 5.74. The number of fused-ring (bicyclic) bond motifs is 2. The van der Waals surface area contributed by atoms with E-state index in [0.717, 1.165) is 36.2 Å². The number of benzene rings is 2. The van der Waals surface area contributed by atoms with Gasteiger partial charge in [0.15, 0.2) is 0 Å². The summed E-state index contributed by atoms with van der Waals surface area (Å²) in [7, 11) is -3.62.